The number of nitrogens with zero attached hydrogens (tertiary/aromatic N) is 1. The van der Waals surface area contributed by atoms with E-state index >= 15 is 0 Å². The number of hydrogen-bond acceptors (Lipinski definition) is 5. The highest BCUT2D eigenvalue weighted by Crippen LogP contribution is 2.34. The summed E-state index contributed by atoms with van der Waals surface area (Å²) in [5.74, 6) is -0.910. The maximum Gasteiger partial charge on any atom is 0.337 e. The lowest BCUT2D eigenvalue weighted by atomic mass is 9.95. The fraction of sp³-hybridized carbons (Fsp3) is 0.286. The van der Waals surface area contributed by atoms with Crippen LogP contribution in [0.1, 0.15) is 43.7 Å². The summed E-state index contributed by atoms with van der Waals surface area (Å²) in [6.45, 7) is 7.52. The first-order chi connectivity index (χ1) is 17.0. The first kappa shape index (κ1) is 25.6. The number of benzene rings is 3. The van der Waals surface area contributed by atoms with Gasteiger partial charge in [-0.15, -0.1) is 0 Å². The van der Waals surface area contributed by atoms with Crippen LogP contribution in [0.5, 0.6) is 0 Å². The van der Waals surface area contributed by atoms with Crippen molar-refractivity contribution in [2.75, 3.05) is 12.4 Å². The van der Waals surface area contributed by atoms with Crippen LogP contribution in [0.15, 0.2) is 59.5 Å². The van der Waals surface area contributed by atoms with Crippen LogP contribution in [-0.4, -0.2) is 37.8 Å². The Balaban J connectivity index is 1.74. The lowest BCUT2D eigenvalue weighted by Gasteiger charge is -2.36. The number of ether oxygens (including phenoxy) is 1. The van der Waals surface area contributed by atoms with Gasteiger partial charge in [-0.05, 0) is 91.8 Å². The van der Waals surface area contributed by atoms with Gasteiger partial charge >= 0.3 is 5.97 Å². The molecule has 1 aliphatic heterocycles. The van der Waals surface area contributed by atoms with Crippen LogP contribution in [0.2, 0.25) is 0 Å². The normalized spacial score (nSPS) is 15.8. The van der Waals surface area contributed by atoms with Gasteiger partial charge in [0.1, 0.15) is 6.04 Å². The number of esters is 1. The predicted octanol–water partition coefficient (Wildman–Crippen LogP) is 4.46. The molecule has 0 saturated carbocycles. The number of nitrogens with one attached hydrogen (secondary N) is 1. The SMILES string of the molecule is COC(=O)c1ccc(NC(=O)C2Cc3ccccc3CN2S(=O)(=O)c2c(C)c(C)cc(C)c2C)cc1. The Kier molecular flexibility index (Phi) is 7.02. The maximum atomic E-state index is 14.2. The van der Waals surface area contributed by atoms with Crippen LogP contribution in [0.3, 0.4) is 0 Å². The minimum absolute atomic E-state index is 0.101. The highest BCUT2D eigenvalue weighted by molar-refractivity contribution is 7.89. The Morgan fingerprint density at radius 1 is 0.917 bits per heavy atom. The van der Waals surface area contributed by atoms with Crippen LogP contribution < -0.4 is 5.32 Å². The number of fused-ring (bicyclic) bond motifs is 1. The fourth-order valence-electron chi connectivity index (χ4n) is 4.69. The first-order valence-electron chi connectivity index (χ1n) is 11.7. The lowest BCUT2D eigenvalue weighted by molar-refractivity contribution is -0.120. The van der Waals surface area contributed by atoms with Gasteiger partial charge in [0.25, 0.3) is 0 Å². The van der Waals surface area contributed by atoms with Gasteiger partial charge in [0.05, 0.1) is 17.6 Å². The summed E-state index contributed by atoms with van der Waals surface area (Å²) in [4.78, 5) is 25.5. The molecule has 0 radical (unpaired) electrons. The van der Waals surface area contributed by atoms with E-state index in [1.807, 2.05) is 58.0 Å². The standard InChI is InChI=1S/C28H30N2O5S/c1-17-14-18(2)20(4)26(19(17)3)36(33,34)30-16-23-9-7-6-8-22(23)15-25(30)27(31)29-24-12-10-21(11-13-24)28(32)35-5/h6-14,25H,15-16H2,1-5H3,(H,29,31). The summed E-state index contributed by atoms with van der Waals surface area (Å²) in [7, 11) is -2.71. The van der Waals surface area contributed by atoms with Crippen LogP contribution in [-0.2, 0) is 32.5 Å². The van der Waals surface area contributed by atoms with Crippen LogP contribution in [0.25, 0.3) is 0 Å². The molecule has 7 nitrogen and oxygen atoms in total. The van der Waals surface area contributed by atoms with Crippen molar-refractivity contribution < 1.29 is 22.7 Å². The second-order valence-electron chi connectivity index (χ2n) is 9.19. The highest BCUT2D eigenvalue weighted by Gasteiger charge is 2.41. The van der Waals surface area contributed by atoms with Gasteiger partial charge in [0.15, 0.2) is 0 Å². The van der Waals surface area contributed by atoms with Crippen molar-refractivity contribution in [3.63, 3.8) is 0 Å². The molecule has 0 fully saturated rings. The topological polar surface area (TPSA) is 92.8 Å². The number of methoxy groups -OCH3 is 1. The molecule has 0 bridgehead atoms. The van der Waals surface area contributed by atoms with Crippen LogP contribution in [0, 0.1) is 27.7 Å². The summed E-state index contributed by atoms with van der Waals surface area (Å²) >= 11 is 0. The molecule has 3 aromatic rings. The molecule has 1 unspecified atom stereocenters. The Hall–Kier alpha value is -3.49. The van der Waals surface area contributed by atoms with E-state index in [-0.39, 0.29) is 17.9 Å². The molecule has 0 saturated heterocycles. The van der Waals surface area contributed by atoms with E-state index in [9.17, 15) is 18.0 Å². The van der Waals surface area contributed by atoms with Crippen molar-refractivity contribution >= 4 is 27.6 Å². The van der Waals surface area contributed by atoms with Crippen molar-refractivity contribution in [2.45, 2.75) is 51.6 Å². The molecule has 188 valence electrons. The number of amides is 1. The monoisotopic (exact) mass is 506 g/mol. The predicted molar refractivity (Wildman–Crippen MR) is 138 cm³/mol. The molecule has 0 spiro atoms. The molecule has 1 atom stereocenters. The largest absolute Gasteiger partial charge is 0.465 e. The molecule has 4 rings (SSSR count). The Labute approximate surface area is 212 Å². The number of sulfonamides is 1. The molecule has 1 aliphatic rings. The van der Waals surface area contributed by atoms with E-state index in [1.165, 1.54) is 11.4 Å². The average Bonchev–Trinajstić information content (AvgIpc) is 2.86. The number of aryl methyl sites for hydroxylation is 2. The van der Waals surface area contributed by atoms with Crippen LogP contribution >= 0.6 is 0 Å². The summed E-state index contributed by atoms with van der Waals surface area (Å²) < 4.78 is 34.4. The number of hydrogen-bond donors (Lipinski definition) is 1. The highest BCUT2D eigenvalue weighted by atomic mass is 32.2. The van der Waals surface area contributed by atoms with Gasteiger partial charge < -0.3 is 10.1 Å². The molecule has 8 heteroatoms. The Bertz CT molecular complexity index is 1420. The van der Waals surface area contributed by atoms with E-state index in [2.05, 4.69) is 5.32 Å². The lowest BCUT2D eigenvalue weighted by Crippen LogP contribution is -2.50. The maximum absolute atomic E-state index is 14.2. The van der Waals surface area contributed by atoms with Crippen molar-refractivity contribution in [1.82, 2.24) is 4.31 Å². The summed E-state index contributed by atoms with van der Waals surface area (Å²) in [5.41, 5.74) is 5.80. The molecule has 36 heavy (non-hydrogen) atoms. The zero-order valence-electron chi connectivity index (χ0n) is 21.1. The zero-order chi connectivity index (χ0) is 26.2. The van der Waals surface area contributed by atoms with E-state index in [0.717, 1.165) is 22.3 Å². The fourth-order valence-corrected chi connectivity index (χ4v) is 6.84. The molecule has 3 aromatic carbocycles. The van der Waals surface area contributed by atoms with E-state index < -0.39 is 27.9 Å². The third-order valence-corrected chi connectivity index (χ3v) is 9.07. The molecule has 0 aliphatic carbocycles. The van der Waals surface area contributed by atoms with E-state index in [0.29, 0.717) is 22.4 Å². The second-order valence-corrected chi connectivity index (χ2v) is 11.0. The third kappa shape index (κ3) is 4.66. The average molecular weight is 507 g/mol. The molecule has 1 heterocycles. The second kappa shape index (κ2) is 9.87. The number of carbonyl (C=O) groups is 2. The van der Waals surface area contributed by atoms with Gasteiger partial charge in [-0.3, -0.25) is 4.79 Å². The molecule has 1 N–H and O–H groups in total. The molecule has 1 amide bonds. The summed E-state index contributed by atoms with van der Waals surface area (Å²) in [6, 6.07) is 14.9. The summed E-state index contributed by atoms with van der Waals surface area (Å²) in [6.07, 6.45) is 0.254. The van der Waals surface area contributed by atoms with Gasteiger partial charge in [0.2, 0.25) is 15.9 Å². The van der Waals surface area contributed by atoms with Crippen molar-refractivity contribution in [3.05, 3.63) is 93.5 Å². The van der Waals surface area contributed by atoms with Crippen LogP contribution in [0.4, 0.5) is 5.69 Å². The van der Waals surface area contributed by atoms with Gasteiger partial charge in [-0.2, -0.15) is 4.31 Å². The van der Waals surface area contributed by atoms with Gasteiger partial charge in [-0.1, -0.05) is 30.3 Å². The van der Waals surface area contributed by atoms with E-state index in [1.54, 1.807) is 24.3 Å². The Morgan fingerprint density at radius 3 is 2.08 bits per heavy atom. The third-order valence-electron chi connectivity index (χ3n) is 6.95. The molecular weight excluding hydrogens is 476 g/mol. The molecular formula is C28H30N2O5S. The minimum Gasteiger partial charge on any atom is -0.465 e. The number of carbonyl (C=O) groups excluding carboxylic acids is 2. The number of rotatable bonds is 5. The van der Waals surface area contributed by atoms with Gasteiger partial charge in [-0.25, -0.2) is 13.2 Å². The van der Waals surface area contributed by atoms with Crippen molar-refractivity contribution in [1.29, 1.82) is 0 Å². The number of anilines is 1. The van der Waals surface area contributed by atoms with Gasteiger partial charge in [0, 0.05) is 12.2 Å². The smallest absolute Gasteiger partial charge is 0.337 e. The zero-order valence-corrected chi connectivity index (χ0v) is 21.9. The minimum atomic E-state index is -4.01. The van der Waals surface area contributed by atoms with Crippen molar-refractivity contribution in [3.8, 4) is 0 Å². The molecule has 0 aromatic heterocycles. The Morgan fingerprint density at radius 2 is 1.50 bits per heavy atom. The van der Waals surface area contributed by atoms with E-state index in [4.69, 9.17) is 4.74 Å². The first-order valence-corrected chi connectivity index (χ1v) is 13.1. The van der Waals surface area contributed by atoms with Crippen molar-refractivity contribution in [2.24, 2.45) is 0 Å². The summed E-state index contributed by atoms with van der Waals surface area (Å²) in [5, 5.41) is 2.83. The quantitative estimate of drug-likeness (QED) is 0.516.